The zero-order valence-corrected chi connectivity index (χ0v) is 22.0. The number of hydrogen-bond donors (Lipinski definition) is 1. The molecule has 0 aliphatic carbocycles. The number of amides is 1. The number of aromatic nitrogens is 2. The van der Waals surface area contributed by atoms with Crippen molar-refractivity contribution in [2.24, 2.45) is 0 Å². The van der Waals surface area contributed by atoms with Gasteiger partial charge < -0.3 is 14.8 Å². The third-order valence-electron chi connectivity index (χ3n) is 5.75. The molecule has 0 atom stereocenters. The van der Waals surface area contributed by atoms with Crippen LogP contribution in [-0.2, 0) is 12.1 Å². The third-order valence-corrected chi connectivity index (χ3v) is 5.75. The van der Waals surface area contributed by atoms with E-state index in [2.05, 4.69) is 31.2 Å². The van der Waals surface area contributed by atoms with Crippen LogP contribution >= 0.6 is 0 Å². The SMILES string of the molecule is Cc1cc(C)cc(Oc2cc(NC(=O)c3ccn(COc4ccc(C(C)(C)C)cc4)n3)cc([N+](=O)[O-])c2)c1. The van der Waals surface area contributed by atoms with Gasteiger partial charge in [-0.25, -0.2) is 4.68 Å². The maximum absolute atomic E-state index is 12.8. The average molecular weight is 515 g/mol. The molecule has 1 aromatic heterocycles. The maximum atomic E-state index is 12.8. The smallest absolute Gasteiger partial charge is 0.276 e. The Hall–Kier alpha value is -4.66. The van der Waals surface area contributed by atoms with E-state index < -0.39 is 10.8 Å². The van der Waals surface area contributed by atoms with Gasteiger partial charge in [0.2, 0.25) is 0 Å². The first kappa shape index (κ1) is 26.4. The molecule has 0 aliphatic heterocycles. The Morgan fingerprint density at radius 3 is 2.24 bits per heavy atom. The molecule has 0 unspecified atom stereocenters. The van der Waals surface area contributed by atoms with Crippen molar-refractivity contribution in [3.63, 3.8) is 0 Å². The van der Waals surface area contributed by atoms with Crippen molar-refractivity contribution >= 4 is 17.3 Å². The summed E-state index contributed by atoms with van der Waals surface area (Å²) in [7, 11) is 0. The first-order chi connectivity index (χ1) is 18.0. The number of carbonyl (C=O) groups is 1. The Morgan fingerprint density at radius 1 is 0.947 bits per heavy atom. The minimum atomic E-state index is -0.538. The number of non-ortho nitro benzene ring substituents is 1. The van der Waals surface area contributed by atoms with E-state index in [4.69, 9.17) is 9.47 Å². The van der Waals surface area contributed by atoms with E-state index in [0.29, 0.717) is 11.5 Å². The maximum Gasteiger partial charge on any atom is 0.276 e. The van der Waals surface area contributed by atoms with Crippen LogP contribution in [0, 0.1) is 24.0 Å². The summed E-state index contributed by atoms with van der Waals surface area (Å²) in [5.41, 5.74) is 3.40. The summed E-state index contributed by atoms with van der Waals surface area (Å²) in [6.07, 6.45) is 1.63. The van der Waals surface area contributed by atoms with Crippen LogP contribution in [0.5, 0.6) is 17.2 Å². The molecule has 3 aromatic carbocycles. The van der Waals surface area contributed by atoms with E-state index >= 15 is 0 Å². The summed E-state index contributed by atoms with van der Waals surface area (Å²) < 4.78 is 13.1. The zero-order chi connectivity index (χ0) is 27.4. The van der Waals surface area contributed by atoms with Crippen molar-refractivity contribution in [2.75, 3.05) is 5.32 Å². The Bertz CT molecular complexity index is 1450. The van der Waals surface area contributed by atoms with Gasteiger partial charge in [-0.1, -0.05) is 39.0 Å². The lowest BCUT2D eigenvalue weighted by Gasteiger charge is -2.19. The molecule has 1 N–H and O–H groups in total. The number of benzene rings is 3. The number of rotatable bonds is 8. The van der Waals surface area contributed by atoms with Crippen molar-refractivity contribution in [1.29, 1.82) is 0 Å². The van der Waals surface area contributed by atoms with Crippen LogP contribution < -0.4 is 14.8 Å². The molecule has 196 valence electrons. The van der Waals surface area contributed by atoms with Crippen molar-refractivity contribution in [3.8, 4) is 17.2 Å². The predicted octanol–water partition coefficient (Wildman–Crippen LogP) is 6.79. The summed E-state index contributed by atoms with van der Waals surface area (Å²) >= 11 is 0. The summed E-state index contributed by atoms with van der Waals surface area (Å²) in [4.78, 5) is 23.8. The second-order valence-corrected chi connectivity index (χ2v) is 10.1. The highest BCUT2D eigenvalue weighted by Gasteiger charge is 2.16. The molecule has 0 radical (unpaired) electrons. The number of hydrogen-bond acceptors (Lipinski definition) is 6. The molecule has 0 saturated heterocycles. The molecule has 0 saturated carbocycles. The summed E-state index contributed by atoms with van der Waals surface area (Å²) in [6.45, 7) is 10.4. The van der Waals surface area contributed by atoms with Crippen LogP contribution in [0.3, 0.4) is 0 Å². The second kappa shape index (κ2) is 10.8. The van der Waals surface area contributed by atoms with Crippen molar-refractivity contribution < 1.29 is 19.2 Å². The lowest BCUT2D eigenvalue weighted by atomic mass is 9.87. The number of nitro groups is 1. The van der Waals surface area contributed by atoms with Gasteiger partial charge >= 0.3 is 0 Å². The first-order valence-corrected chi connectivity index (χ1v) is 12.1. The lowest BCUT2D eigenvalue weighted by molar-refractivity contribution is -0.384. The van der Waals surface area contributed by atoms with Crippen LogP contribution in [0.25, 0.3) is 0 Å². The number of aryl methyl sites for hydroxylation is 2. The van der Waals surface area contributed by atoms with Crippen LogP contribution in [0.2, 0.25) is 0 Å². The number of anilines is 1. The van der Waals surface area contributed by atoms with Crippen molar-refractivity contribution in [3.05, 3.63) is 105 Å². The van der Waals surface area contributed by atoms with E-state index in [0.717, 1.165) is 11.1 Å². The van der Waals surface area contributed by atoms with Crippen molar-refractivity contribution in [2.45, 2.75) is 46.8 Å². The largest absolute Gasteiger partial charge is 0.471 e. The number of nitrogens with zero attached hydrogens (tertiary/aromatic N) is 3. The van der Waals surface area contributed by atoms with Gasteiger partial charge in [0.25, 0.3) is 11.6 Å². The minimum absolute atomic E-state index is 0.0501. The molecular formula is C29H30N4O5. The molecule has 0 spiro atoms. The predicted molar refractivity (Wildman–Crippen MR) is 145 cm³/mol. The normalized spacial score (nSPS) is 11.2. The fourth-order valence-electron chi connectivity index (χ4n) is 3.89. The van der Waals surface area contributed by atoms with Crippen LogP contribution in [0.1, 0.15) is 48.0 Å². The summed E-state index contributed by atoms with van der Waals surface area (Å²) in [5, 5.41) is 18.4. The molecule has 0 bridgehead atoms. The molecule has 4 rings (SSSR count). The third kappa shape index (κ3) is 6.76. The zero-order valence-electron chi connectivity index (χ0n) is 22.0. The summed E-state index contributed by atoms with van der Waals surface area (Å²) in [6, 6.07) is 19.2. The molecule has 4 aromatic rings. The Morgan fingerprint density at radius 2 is 1.61 bits per heavy atom. The summed E-state index contributed by atoms with van der Waals surface area (Å²) in [5.74, 6) is 0.950. The van der Waals surface area contributed by atoms with Gasteiger partial charge in [0.05, 0.1) is 16.7 Å². The van der Waals surface area contributed by atoms with Gasteiger partial charge in [0.1, 0.15) is 17.2 Å². The highest BCUT2D eigenvalue weighted by atomic mass is 16.6. The number of ether oxygens (including phenoxy) is 2. The molecule has 1 heterocycles. The van der Waals surface area contributed by atoms with E-state index in [9.17, 15) is 14.9 Å². The molecule has 9 heteroatoms. The van der Waals surface area contributed by atoms with Crippen LogP contribution in [-0.4, -0.2) is 20.6 Å². The van der Waals surface area contributed by atoms with Crippen LogP contribution in [0.15, 0.2) is 72.9 Å². The van der Waals surface area contributed by atoms with E-state index in [-0.39, 0.29) is 35.0 Å². The van der Waals surface area contributed by atoms with E-state index in [1.807, 2.05) is 56.3 Å². The first-order valence-electron chi connectivity index (χ1n) is 12.1. The molecule has 9 nitrogen and oxygen atoms in total. The topological polar surface area (TPSA) is 109 Å². The fraction of sp³-hybridized carbons (Fsp3) is 0.241. The van der Waals surface area contributed by atoms with Gasteiger partial charge in [-0.2, -0.15) is 5.10 Å². The number of carbonyl (C=O) groups excluding carboxylic acids is 1. The molecule has 0 aliphatic rings. The quantitative estimate of drug-likeness (QED) is 0.205. The van der Waals surface area contributed by atoms with Crippen LogP contribution in [0.4, 0.5) is 11.4 Å². The number of nitrogens with one attached hydrogen (secondary N) is 1. The Labute approximate surface area is 221 Å². The molecule has 1 amide bonds. The van der Waals surface area contributed by atoms with E-state index in [1.165, 1.54) is 28.4 Å². The van der Waals surface area contributed by atoms with Gasteiger partial charge in [0, 0.05) is 18.3 Å². The van der Waals surface area contributed by atoms with Gasteiger partial charge in [-0.3, -0.25) is 14.9 Å². The fourth-order valence-corrected chi connectivity index (χ4v) is 3.89. The monoisotopic (exact) mass is 514 g/mol. The number of nitro benzene ring substituents is 1. The highest BCUT2D eigenvalue weighted by molar-refractivity contribution is 6.03. The van der Waals surface area contributed by atoms with E-state index in [1.54, 1.807) is 12.3 Å². The van der Waals surface area contributed by atoms with Gasteiger partial charge in [-0.05, 0) is 66.3 Å². The average Bonchev–Trinajstić information content (AvgIpc) is 3.31. The molecule has 0 fully saturated rings. The van der Waals surface area contributed by atoms with Gasteiger partial charge in [-0.15, -0.1) is 0 Å². The van der Waals surface area contributed by atoms with Crippen molar-refractivity contribution in [1.82, 2.24) is 9.78 Å². The highest BCUT2D eigenvalue weighted by Crippen LogP contribution is 2.31. The minimum Gasteiger partial charge on any atom is -0.471 e. The standard InChI is InChI=1S/C29H30N4O5/c1-19-12-20(2)14-25(13-19)38-26-16-22(15-23(17-26)33(35)36)30-28(34)27-10-11-32(31-27)18-37-24-8-6-21(7-9-24)29(3,4)5/h6-17H,18H2,1-5H3,(H,30,34). The molecular weight excluding hydrogens is 484 g/mol. The Kier molecular flexibility index (Phi) is 7.47. The van der Waals surface area contributed by atoms with Gasteiger partial charge in [0.15, 0.2) is 12.4 Å². The Balaban J connectivity index is 1.44. The lowest BCUT2D eigenvalue weighted by Crippen LogP contribution is -2.14. The second-order valence-electron chi connectivity index (χ2n) is 10.1. The molecule has 38 heavy (non-hydrogen) atoms.